The van der Waals surface area contributed by atoms with Crippen molar-refractivity contribution in [3.8, 4) is 0 Å². The van der Waals surface area contributed by atoms with E-state index in [-0.39, 0.29) is 5.60 Å². The molecule has 3 saturated carbocycles. The number of carbonyl (C=O) groups is 1. The van der Waals surface area contributed by atoms with Crippen LogP contribution in [0.25, 0.3) is 0 Å². The smallest absolute Gasteiger partial charge is 0.155 e. The van der Waals surface area contributed by atoms with E-state index in [1.54, 1.807) is 5.57 Å². The topological polar surface area (TPSA) is 26.3 Å². The van der Waals surface area contributed by atoms with E-state index in [1.807, 2.05) is 6.08 Å². The van der Waals surface area contributed by atoms with Gasteiger partial charge in [-0.2, -0.15) is 0 Å². The number of hydrogen-bond acceptors (Lipinski definition) is 2. The molecule has 1 heterocycles. The van der Waals surface area contributed by atoms with Crippen molar-refractivity contribution in [3.05, 3.63) is 35.5 Å². The molecule has 0 amide bonds. The normalized spacial score (nSPS) is 53.9. The highest BCUT2D eigenvalue weighted by Gasteiger charge is 2.72. The molecular weight excluding hydrogens is 296 g/mol. The summed E-state index contributed by atoms with van der Waals surface area (Å²) < 4.78 is 6.39. The molecule has 6 aliphatic rings. The first-order chi connectivity index (χ1) is 11.6. The molecule has 6 rings (SSSR count). The van der Waals surface area contributed by atoms with Crippen molar-refractivity contribution in [2.45, 2.75) is 51.0 Å². The number of hydrogen-bond donors (Lipinski definition) is 0. The van der Waals surface area contributed by atoms with Gasteiger partial charge in [0.2, 0.25) is 0 Å². The molecular formula is C22H26O2. The molecule has 7 atom stereocenters. The van der Waals surface area contributed by atoms with Crippen LogP contribution in [0.4, 0.5) is 0 Å². The Labute approximate surface area is 144 Å². The lowest BCUT2D eigenvalue weighted by molar-refractivity contribution is -0.118. The molecule has 5 aliphatic carbocycles. The Morgan fingerprint density at radius 3 is 2.92 bits per heavy atom. The van der Waals surface area contributed by atoms with Gasteiger partial charge in [0.1, 0.15) is 5.60 Å². The Balaban J connectivity index is 1.39. The maximum absolute atomic E-state index is 11.8. The molecule has 0 saturated heterocycles. The molecule has 2 nitrogen and oxygen atoms in total. The Morgan fingerprint density at radius 2 is 2.08 bits per heavy atom. The first-order valence-electron chi connectivity index (χ1n) is 9.91. The van der Waals surface area contributed by atoms with Crippen molar-refractivity contribution >= 4 is 5.78 Å². The lowest BCUT2D eigenvalue weighted by Crippen LogP contribution is -2.53. The third-order valence-corrected chi connectivity index (χ3v) is 8.58. The monoisotopic (exact) mass is 322 g/mol. The summed E-state index contributed by atoms with van der Waals surface area (Å²) in [5, 5.41) is 0. The van der Waals surface area contributed by atoms with Crippen molar-refractivity contribution in [2.24, 2.45) is 35.0 Å². The van der Waals surface area contributed by atoms with Crippen molar-refractivity contribution in [1.82, 2.24) is 0 Å². The number of rotatable bonds is 0. The lowest BCUT2D eigenvalue weighted by atomic mass is 9.49. The summed E-state index contributed by atoms with van der Waals surface area (Å²) >= 11 is 0. The van der Waals surface area contributed by atoms with Crippen LogP contribution in [0.3, 0.4) is 0 Å². The van der Waals surface area contributed by atoms with Gasteiger partial charge in [0.15, 0.2) is 5.78 Å². The van der Waals surface area contributed by atoms with Crippen molar-refractivity contribution in [3.63, 3.8) is 0 Å². The largest absolute Gasteiger partial charge is 0.362 e. The average Bonchev–Trinajstić information content (AvgIpc) is 3.13. The minimum absolute atomic E-state index is 0.0635. The summed E-state index contributed by atoms with van der Waals surface area (Å²) in [6.07, 6.45) is 16.1. The van der Waals surface area contributed by atoms with Crippen LogP contribution >= 0.6 is 0 Å². The molecule has 1 spiro atoms. The van der Waals surface area contributed by atoms with Crippen LogP contribution in [0.2, 0.25) is 0 Å². The fraction of sp³-hybridized carbons (Fsp3) is 0.682. The zero-order chi connectivity index (χ0) is 16.1. The highest BCUT2D eigenvalue weighted by molar-refractivity contribution is 5.91. The molecule has 0 bridgehead atoms. The Hall–Kier alpha value is -1.15. The second-order valence-corrected chi connectivity index (χ2v) is 9.28. The van der Waals surface area contributed by atoms with Gasteiger partial charge >= 0.3 is 0 Å². The third kappa shape index (κ3) is 1.47. The first-order valence-corrected chi connectivity index (χ1v) is 9.91. The SMILES string of the molecule is C[C@]12CCC3C4CCC(=O)C=C4CCC3C1C1C=C1[C@@]21C=CCO1. The van der Waals surface area contributed by atoms with Gasteiger partial charge in [0.25, 0.3) is 0 Å². The van der Waals surface area contributed by atoms with Gasteiger partial charge in [0, 0.05) is 17.8 Å². The van der Waals surface area contributed by atoms with E-state index in [0.29, 0.717) is 23.0 Å². The molecule has 0 aromatic rings. The van der Waals surface area contributed by atoms with Crippen LogP contribution in [-0.4, -0.2) is 18.0 Å². The second kappa shape index (κ2) is 4.33. The zero-order valence-electron chi connectivity index (χ0n) is 14.5. The number of fused-ring (bicyclic) bond motifs is 9. The van der Waals surface area contributed by atoms with Crippen LogP contribution < -0.4 is 0 Å². The van der Waals surface area contributed by atoms with E-state index in [4.69, 9.17) is 4.74 Å². The predicted molar refractivity (Wildman–Crippen MR) is 92.3 cm³/mol. The third-order valence-electron chi connectivity index (χ3n) is 8.58. The van der Waals surface area contributed by atoms with Gasteiger partial charge in [-0.15, -0.1) is 0 Å². The van der Waals surface area contributed by atoms with Crippen LogP contribution in [0.1, 0.15) is 45.4 Å². The van der Waals surface area contributed by atoms with Gasteiger partial charge in [0.05, 0.1) is 6.61 Å². The molecule has 126 valence electrons. The van der Waals surface area contributed by atoms with Gasteiger partial charge in [-0.3, -0.25) is 4.79 Å². The minimum atomic E-state index is -0.0635. The first kappa shape index (κ1) is 14.1. The number of ether oxygens (including phenoxy) is 1. The Morgan fingerprint density at radius 1 is 1.17 bits per heavy atom. The van der Waals surface area contributed by atoms with Gasteiger partial charge < -0.3 is 4.74 Å². The van der Waals surface area contributed by atoms with E-state index < -0.39 is 0 Å². The molecule has 2 heteroatoms. The van der Waals surface area contributed by atoms with Crippen molar-refractivity contribution in [2.75, 3.05) is 6.61 Å². The van der Waals surface area contributed by atoms with Crippen LogP contribution in [0, 0.1) is 35.0 Å². The summed E-state index contributed by atoms with van der Waals surface area (Å²) in [5.74, 6) is 4.19. The average molecular weight is 322 g/mol. The number of allylic oxidation sites excluding steroid dienone is 2. The highest BCUT2D eigenvalue weighted by Crippen LogP contribution is 2.74. The van der Waals surface area contributed by atoms with Crippen LogP contribution in [-0.2, 0) is 9.53 Å². The van der Waals surface area contributed by atoms with Gasteiger partial charge in [-0.1, -0.05) is 24.6 Å². The molecule has 0 radical (unpaired) electrons. The number of carbonyl (C=O) groups excluding carboxylic acids is 1. The van der Waals surface area contributed by atoms with Gasteiger partial charge in [-0.25, -0.2) is 0 Å². The molecule has 0 N–H and O–H groups in total. The molecule has 24 heavy (non-hydrogen) atoms. The van der Waals surface area contributed by atoms with E-state index >= 15 is 0 Å². The van der Waals surface area contributed by atoms with Gasteiger partial charge in [-0.05, 0) is 73.5 Å². The van der Waals surface area contributed by atoms with E-state index in [2.05, 4.69) is 25.2 Å². The van der Waals surface area contributed by atoms with Crippen molar-refractivity contribution < 1.29 is 9.53 Å². The summed E-state index contributed by atoms with van der Waals surface area (Å²) in [5.41, 5.74) is 3.32. The van der Waals surface area contributed by atoms with Crippen molar-refractivity contribution in [1.29, 1.82) is 0 Å². The fourth-order valence-electron chi connectivity index (χ4n) is 7.64. The fourth-order valence-corrected chi connectivity index (χ4v) is 7.64. The van der Waals surface area contributed by atoms with Crippen LogP contribution in [0.5, 0.6) is 0 Å². The standard InChI is InChI=1S/C22H26O2/c1-21-9-7-16-15-6-4-14(23)11-13(15)3-5-17(16)20(21)18-12-19(18)22(21)8-2-10-24-22/h2,8,11-12,15-18,20H,3-7,9-10H2,1H3/t15?,16?,17?,18?,20?,21-,22-/m0/s1. The minimum Gasteiger partial charge on any atom is -0.362 e. The predicted octanol–water partition coefficient (Wildman–Crippen LogP) is 4.23. The zero-order valence-corrected chi connectivity index (χ0v) is 14.5. The Bertz CT molecular complexity index is 728. The maximum atomic E-state index is 11.8. The summed E-state index contributed by atoms with van der Waals surface area (Å²) in [6.45, 7) is 3.31. The highest BCUT2D eigenvalue weighted by atomic mass is 16.5. The number of ketones is 1. The molecule has 5 unspecified atom stereocenters. The summed E-state index contributed by atoms with van der Waals surface area (Å²) in [6, 6.07) is 0. The molecule has 0 aromatic carbocycles. The second-order valence-electron chi connectivity index (χ2n) is 9.28. The van der Waals surface area contributed by atoms with E-state index in [9.17, 15) is 4.79 Å². The molecule has 1 aliphatic heterocycles. The molecule has 3 fully saturated rings. The quantitative estimate of drug-likeness (QED) is 0.624. The lowest BCUT2D eigenvalue weighted by Gasteiger charge is -2.56. The summed E-state index contributed by atoms with van der Waals surface area (Å²) in [4.78, 5) is 11.8. The van der Waals surface area contributed by atoms with E-state index in [0.717, 1.165) is 43.6 Å². The van der Waals surface area contributed by atoms with Crippen LogP contribution in [0.15, 0.2) is 35.5 Å². The maximum Gasteiger partial charge on any atom is 0.155 e. The Kier molecular flexibility index (Phi) is 2.54. The van der Waals surface area contributed by atoms with E-state index in [1.165, 1.54) is 24.8 Å². The molecule has 0 aromatic heterocycles. The summed E-state index contributed by atoms with van der Waals surface area (Å²) in [7, 11) is 0.